The van der Waals surface area contributed by atoms with Crippen LogP contribution in [0.5, 0.6) is 11.5 Å². The van der Waals surface area contributed by atoms with Crippen molar-refractivity contribution in [1.29, 1.82) is 0 Å². The third kappa shape index (κ3) is 4.54. The van der Waals surface area contributed by atoms with Crippen molar-refractivity contribution in [3.8, 4) is 11.5 Å². The summed E-state index contributed by atoms with van der Waals surface area (Å²) in [5.41, 5.74) is 1.23. The zero-order valence-corrected chi connectivity index (χ0v) is 15.2. The fourth-order valence-electron chi connectivity index (χ4n) is 2.89. The van der Waals surface area contributed by atoms with Gasteiger partial charge in [-0.05, 0) is 17.7 Å². The third-order valence-corrected chi connectivity index (χ3v) is 4.11. The number of fused-ring (bicyclic) bond motifs is 1. The molecule has 25 heavy (non-hydrogen) atoms. The fraction of sp³-hybridized carbons (Fsp3) is 0.294. The van der Waals surface area contributed by atoms with E-state index in [4.69, 9.17) is 9.47 Å². The second-order valence-electron chi connectivity index (χ2n) is 5.62. The number of halogens is 2. The summed E-state index contributed by atoms with van der Waals surface area (Å²) in [7, 11) is 0. The Labute approximate surface area is 159 Å². The summed E-state index contributed by atoms with van der Waals surface area (Å²) in [6.45, 7) is 4.85. The highest BCUT2D eigenvalue weighted by Gasteiger charge is 2.19. The number of benzene rings is 1. The average Bonchev–Trinajstić information content (AvgIpc) is 2.63. The molecule has 2 aromatic rings. The number of aromatic nitrogens is 2. The number of hydrogen-bond donors (Lipinski definition) is 0. The molecule has 0 amide bonds. The van der Waals surface area contributed by atoms with Crippen LogP contribution in [0.25, 0.3) is 0 Å². The first-order valence-electron chi connectivity index (χ1n) is 7.73. The quantitative estimate of drug-likeness (QED) is 0.813. The molecular weight excluding hydrogens is 363 g/mol. The molecule has 3 heterocycles. The zero-order chi connectivity index (χ0) is 15.5. The van der Waals surface area contributed by atoms with E-state index in [2.05, 4.69) is 25.8 Å². The standard InChI is InChI=1S/C17H18N4O2.2ClH/c1-2-15-16(23-10-9-22-15)11-14(1)13-20-5-7-21(8-6-20)17-12-18-3-4-19-17;;/h1-4,9-12H,5-8,13H2;2*1H. The highest BCUT2D eigenvalue weighted by Crippen LogP contribution is 2.31. The molecule has 0 atom stereocenters. The van der Waals surface area contributed by atoms with Crippen molar-refractivity contribution in [1.82, 2.24) is 14.9 Å². The van der Waals surface area contributed by atoms with Gasteiger partial charge in [-0.15, -0.1) is 24.8 Å². The first kappa shape index (κ1) is 19.3. The summed E-state index contributed by atoms with van der Waals surface area (Å²) in [5, 5.41) is 0. The van der Waals surface area contributed by atoms with Crippen LogP contribution in [0.3, 0.4) is 0 Å². The predicted molar refractivity (Wildman–Crippen MR) is 101 cm³/mol. The molecule has 2 aliphatic heterocycles. The van der Waals surface area contributed by atoms with Crippen LogP contribution < -0.4 is 14.4 Å². The fourth-order valence-corrected chi connectivity index (χ4v) is 2.89. The van der Waals surface area contributed by atoms with Crippen LogP contribution in [0.15, 0.2) is 49.3 Å². The molecule has 1 aromatic carbocycles. The first-order chi connectivity index (χ1) is 11.4. The maximum Gasteiger partial charge on any atom is 0.169 e. The van der Waals surface area contributed by atoms with E-state index in [-0.39, 0.29) is 24.8 Å². The average molecular weight is 383 g/mol. The number of hydrogen-bond acceptors (Lipinski definition) is 6. The Bertz CT molecular complexity index is 707. The van der Waals surface area contributed by atoms with E-state index in [1.54, 1.807) is 24.9 Å². The molecule has 0 saturated carbocycles. The van der Waals surface area contributed by atoms with Crippen molar-refractivity contribution in [2.45, 2.75) is 6.54 Å². The van der Waals surface area contributed by atoms with Gasteiger partial charge in [-0.1, -0.05) is 6.07 Å². The molecule has 134 valence electrons. The Morgan fingerprint density at radius 3 is 2.40 bits per heavy atom. The Morgan fingerprint density at radius 1 is 0.920 bits per heavy atom. The molecule has 2 aliphatic rings. The predicted octanol–water partition coefficient (Wildman–Crippen LogP) is 2.88. The van der Waals surface area contributed by atoms with E-state index in [9.17, 15) is 0 Å². The largest absolute Gasteiger partial charge is 0.458 e. The lowest BCUT2D eigenvalue weighted by atomic mass is 10.1. The van der Waals surface area contributed by atoms with Crippen LogP contribution in [0.1, 0.15) is 5.56 Å². The van der Waals surface area contributed by atoms with E-state index in [1.165, 1.54) is 5.56 Å². The summed E-state index contributed by atoms with van der Waals surface area (Å²) in [6, 6.07) is 6.11. The van der Waals surface area contributed by atoms with Gasteiger partial charge >= 0.3 is 0 Å². The third-order valence-electron chi connectivity index (χ3n) is 4.11. The minimum absolute atomic E-state index is 0. The van der Waals surface area contributed by atoms with Crippen LogP contribution in [0.4, 0.5) is 5.82 Å². The summed E-state index contributed by atoms with van der Waals surface area (Å²) in [6.07, 6.45) is 8.38. The molecule has 1 aromatic heterocycles. The van der Waals surface area contributed by atoms with E-state index < -0.39 is 0 Å². The molecule has 0 radical (unpaired) electrons. The molecule has 8 heteroatoms. The summed E-state index contributed by atoms with van der Waals surface area (Å²) < 4.78 is 10.9. The smallest absolute Gasteiger partial charge is 0.169 e. The topological polar surface area (TPSA) is 50.7 Å². The van der Waals surface area contributed by atoms with Gasteiger partial charge in [-0.2, -0.15) is 0 Å². The van der Waals surface area contributed by atoms with Crippen molar-refractivity contribution >= 4 is 30.6 Å². The van der Waals surface area contributed by atoms with Crippen LogP contribution in [-0.2, 0) is 6.54 Å². The van der Waals surface area contributed by atoms with Crippen molar-refractivity contribution in [3.63, 3.8) is 0 Å². The molecule has 0 unspecified atom stereocenters. The maximum atomic E-state index is 5.48. The van der Waals surface area contributed by atoms with Gasteiger partial charge in [0, 0.05) is 45.1 Å². The van der Waals surface area contributed by atoms with Crippen molar-refractivity contribution in [2.75, 3.05) is 31.1 Å². The van der Waals surface area contributed by atoms with E-state index >= 15 is 0 Å². The first-order valence-corrected chi connectivity index (χ1v) is 7.73. The zero-order valence-electron chi connectivity index (χ0n) is 13.6. The number of nitrogens with zero attached hydrogens (tertiary/aromatic N) is 4. The van der Waals surface area contributed by atoms with Gasteiger partial charge in [0.1, 0.15) is 18.3 Å². The van der Waals surface area contributed by atoms with Crippen LogP contribution in [-0.4, -0.2) is 41.0 Å². The van der Waals surface area contributed by atoms with Crippen LogP contribution in [0, 0.1) is 0 Å². The van der Waals surface area contributed by atoms with Crippen molar-refractivity contribution < 1.29 is 9.47 Å². The summed E-state index contributed by atoms with van der Waals surface area (Å²) >= 11 is 0. The normalized spacial score (nSPS) is 15.9. The van der Waals surface area contributed by atoms with Gasteiger partial charge in [-0.3, -0.25) is 9.88 Å². The molecule has 0 aliphatic carbocycles. The van der Waals surface area contributed by atoms with Crippen LogP contribution in [0.2, 0.25) is 0 Å². The lowest BCUT2D eigenvalue weighted by Crippen LogP contribution is -2.46. The molecule has 1 saturated heterocycles. The minimum atomic E-state index is 0. The van der Waals surface area contributed by atoms with Gasteiger partial charge in [-0.25, -0.2) is 4.98 Å². The van der Waals surface area contributed by atoms with E-state index in [0.717, 1.165) is 50.0 Å². The Kier molecular flexibility index (Phi) is 6.87. The molecule has 0 N–H and O–H groups in total. The molecule has 4 rings (SSSR count). The van der Waals surface area contributed by atoms with Gasteiger partial charge in [0.15, 0.2) is 11.5 Å². The highest BCUT2D eigenvalue weighted by molar-refractivity contribution is 5.85. The molecule has 1 fully saturated rings. The SMILES string of the molecule is C1=COc2cc(CN3CCN(c4cnccn4)CC3)ccc2O1.Cl.Cl. The van der Waals surface area contributed by atoms with Gasteiger partial charge in [0.05, 0.1) is 6.20 Å². The number of anilines is 1. The van der Waals surface area contributed by atoms with Gasteiger partial charge < -0.3 is 14.4 Å². The monoisotopic (exact) mass is 382 g/mol. The van der Waals surface area contributed by atoms with Crippen LogP contribution >= 0.6 is 24.8 Å². The van der Waals surface area contributed by atoms with E-state index in [1.807, 2.05) is 18.3 Å². The van der Waals surface area contributed by atoms with E-state index in [0.29, 0.717) is 0 Å². The lowest BCUT2D eigenvalue weighted by molar-refractivity contribution is 0.248. The number of ether oxygens (including phenoxy) is 2. The molecule has 0 spiro atoms. The molecule has 6 nitrogen and oxygen atoms in total. The second kappa shape index (κ2) is 8.89. The van der Waals surface area contributed by atoms with Gasteiger partial charge in [0.25, 0.3) is 0 Å². The minimum Gasteiger partial charge on any atom is -0.458 e. The van der Waals surface area contributed by atoms with Crippen molar-refractivity contribution in [2.24, 2.45) is 0 Å². The maximum absolute atomic E-state index is 5.48. The number of rotatable bonds is 3. The second-order valence-corrected chi connectivity index (χ2v) is 5.62. The summed E-state index contributed by atoms with van der Waals surface area (Å²) in [4.78, 5) is 13.2. The van der Waals surface area contributed by atoms with Crippen molar-refractivity contribution in [3.05, 3.63) is 54.9 Å². The Balaban J connectivity index is 0.00000113. The Morgan fingerprint density at radius 2 is 1.68 bits per heavy atom. The molecular formula is C17H20Cl2N4O2. The molecule has 0 bridgehead atoms. The Hall–Kier alpha value is -2.02. The number of piperazine rings is 1. The summed E-state index contributed by atoms with van der Waals surface area (Å²) in [5.74, 6) is 2.50. The lowest BCUT2D eigenvalue weighted by Gasteiger charge is -2.35. The highest BCUT2D eigenvalue weighted by atomic mass is 35.5. The van der Waals surface area contributed by atoms with Gasteiger partial charge in [0.2, 0.25) is 0 Å².